The van der Waals surface area contributed by atoms with Gasteiger partial charge < -0.3 is 9.47 Å². The predicted molar refractivity (Wildman–Crippen MR) is 55.8 cm³/mol. The number of rotatable bonds is 3. The summed E-state index contributed by atoms with van der Waals surface area (Å²) < 4.78 is 23.2. The van der Waals surface area contributed by atoms with Gasteiger partial charge in [0.05, 0.1) is 20.1 Å². The molecule has 2 rings (SSSR count). The molecular formula is C12H13FO3. The van der Waals surface area contributed by atoms with Crippen molar-refractivity contribution in [3.63, 3.8) is 0 Å². The lowest BCUT2D eigenvalue weighted by Gasteiger charge is -2.04. The average Bonchev–Trinajstić information content (AvgIpc) is 3.07. The lowest BCUT2D eigenvalue weighted by Crippen LogP contribution is -2.04. The number of esters is 1. The largest absolute Gasteiger partial charge is 0.497 e. The highest BCUT2D eigenvalue weighted by atomic mass is 19.1. The second kappa shape index (κ2) is 4.12. The molecule has 16 heavy (non-hydrogen) atoms. The summed E-state index contributed by atoms with van der Waals surface area (Å²) in [4.78, 5) is 11.2. The van der Waals surface area contributed by atoms with Gasteiger partial charge in [0.25, 0.3) is 0 Å². The molecule has 1 aliphatic rings. The molecule has 0 heterocycles. The second-order valence-corrected chi connectivity index (χ2v) is 3.86. The van der Waals surface area contributed by atoms with E-state index in [1.54, 1.807) is 12.1 Å². The van der Waals surface area contributed by atoms with Crippen molar-refractivity contribution in [1.29, 1.82) is 0 Å². The van der Waals surface area contributed by atoms with E-state index < -0.39 is 0 Å². The third-order valence-corrected chi connectivity index (χ3v) is 2.90. The van der Waals surface area contributed by atoms with Crippen molar-refractivity contribution in [1.82, 2.24) is 0 Å². The quantitative estimate of drug-likeness (QED) is 0.738. The number of halogens is 1. The summed E-state index contributed by atoms with van der Waals surface area (Å²) in [6.45, 7) is 0. The van der Waals surface area contributed by atoms with Crippen LogP contribution < -0.4 is 4.74 Å². The van der Waals surface area contributed by atoms with Crippen molar-refractivity contribution in [2.75, 3.05) is 14.2 Å². The second-order valence-electron chi connectivity index (χ2n) is 3.86. The van der Waals surface area contributed by atoms with Crippen molar-refractivity contribution in [2.24, 2.45) is 5.92 Å². The van der Waals surface area contributed by atoms with Crippen LogP contribution in [0.5, 0.6) is 5.75 Å². The third kappa shape index (κ3) is 1.87. The third-order valence-electron chi connectivity index (χ3n) is 2.90. The fourth-order valence-electron chi connectivity index (χ4n) is 1.89. The average molecular weight is 224 g/mol. The van der Waals surface area contributed by atoms with E-state index in [4.69, 9.17) is 4.74 Å². The summed E-state index contributed by atoms with van der Waals surface area (Å²) in [6.07, 6.45) is 0.663. The fourth-order valence-corrected chi connectivity index (χ4v) is 1.89. The van der Waals surface area contributed by atoms with Crippen LogP contribution in [0.2, 0.25) is 0 Å². The Morgan fingerprint density at radius 1 is 1.44 bits per heavy atom. The van der Waals surface area contributed by atoms with Crippen LogP contribution in [0, 0.1) is 11.7 Å². The van der Waals surface area contributed by atoms with Crippen molar-refractivity contribution in [3.8, 4) is 5.75 Å². The van der Waals surface area contributed by atoms with Gasteiger partial charge in [-0.15, -0.1) is 0 Å². The van der Waals surface area contributed by atoms with E-state index in [0.717, 1.165) is 0 Å². The molecule has 1 aromatic carbocycles. The van der Waals surface area contributed by atoms with E-state index in [9.17, 15) is 9.18 Å². The van der Waals surface area contributed by atoms with Crippen LogP contribution in [0.15, 0.2) is 18.2 Å². The first-order valence-electron chi connectivity index (χ1n) is 5.08. The molecule has 3 nitrogen and oxygen atoms in total. The Bertz CT molecular complexity index is 417. The lowest BCUT2D eigenvalue weighted by molar-refractivity contribution is -0.142. The minimum atomic E-state index is -0.323. The van der Waals surface area contributed by atoms with Crippen molar-refractivity contribution in [3.05, 3.63) is 29.6 Å². The number of ether oxygens (including phenoxy) is 2. The molecule has 0 spiro atoms. The van der Waals surface area contributed by atoms with Crippen LogP contribution in [0.1, 0.15) is 17.9 Å². The summed E-state index contributed by atoms with van der Waals surface area (Å²) in [6, 6.07) is 4.70. The Hall–Kier alpha value is -1.58. The summed E-state index contributed by atoms with van der Waals surface area (Å²) >= 11 is 0. The van der Waals surface area contributed by atoms with Crippen LogP contribution in [0.25, 0.3) is 0 Å². The molecule has 1 aliphatic carbocycles. The molecule has 0 amide bonds. The first-order valence-corrected chi connectivity index (χ1v) is 5.08. The number of carbonyl (C=O) groups is 1. The molecular weight excluding hydrogens is 211 g/mol. The molecule has 0 N–H and O–H groups in total. The molecule has 0 aliphatic heterocycles. The van der Waals surface area contributed by atoms with Gasteiger partial charge in [0, 0.05) is 12.0 Å². The van der Waals surface area contributed by atoms with E-state index in [2.05, 4.69) is 4.74 Å². The molecule has 2 atom stereocenters. The highest BCUT2D eigenvalue weighted by molar-refractivity contribution is 5.77. The normalized spacial score (nSPS) is 22.7. The van der Waals surface area contributed by atoms with E-state index in [0.29, 0.717) is 17.7 Å². The van der Waals surface area contributed by atoms with Gasteiger partial charge in [-0.25, -0.2) is 4.39 Å². The van der Waals surface area contributed by atoms with Crippen molar-refractivity contribution in [2.45, 2.75) is 12.3 Å². The SMILES string of the molecule is COC(=O)[C@@H]1C[C@H]1c1ccc(OC)cc1F. The van der Waals surface area contributed by atoms with Crippen LogP contribution in [0.3, 0.4) is 0 Å². The smallest absolute Gasteiger partial charge is 0.309 e. The highest BCUT2D eigenvalue weighted by Crippen LogP contribution is 2.49. The van der Waals surface area contributed by atoms with Crippen LogP contribution in [-0.4, -0.2) is 20.2 Å². The monoisotopic (exact) mass is 224 g/mol. The first kappa shape index (κ1) is 10.9. The molecule has 1 fully saturated rings. The molecule has 0 radical (unpaired) electrons. The molecule has 0 saturated heterocycles. The zero-order valence-corrected chi connectivity index (χ0v) is 9.20. The Balaban J connectivity index is 2.15. The van der Waals surface area contributed by atoms with Crippen LogP contribution in [-0.2, 0) is 9.53 Å². The van der Waals surface area contributed by atoms with Crippen molar-refractivity contribution >= 4 is 5.97 Å². The van der Waals surface area contributed by atoms with E-state index >= 15 is 0 Å². The molecule has 4 heteroatoms. The summed E-state index contributed by atoms with van der Waals surface area (Å²) in [5.41, 5.74) is 0.566. The standard InChI is InChI=1S/C12H13FO3/c1-15-7-3-4-8(11(13)5-7)9-6-10(9)12(14)16-2/h3-5,9-10H,6H2,1-2H3/t9-,10+/m0/s1. The number of hydrogen-bond donors (Lipinski definition) is 0. The number of hydrogen-bond acceptors (Lipinski definition) is 3. The lowest BCUT2D eigenvalue weighted by atomic mass is 10.1. The Kier molecular flexibility index (Phi) is 2.81. The maximum absolute atomic E-state index is 13.6. The zero-order chi connectivity index (χ0) is 11.7. The van der Waals surface area contributed by atoms with Gasteiger partial charge in [0.2, 0.25) is 0 Å². The fraction of sp³-hybridized carbons (Fsp3) is 0.417. The highest BCUT2D eigenvalue weighted by Gasteiger charge is 2.46. The summed E-state index contributed by atoms with van der Waals surface area (Å²) in [5.74, 6) is -0.334. The van der Waals surface area contributed by atoms with E-state index in [-0.39, 0.29) is 23.6 Å². The molecule has 0 unspecified atom stereocenters. The summed E-state index contributed by atoms with van der Waals surface area (Å²) in [5, 5.41) is 0. The molecule has 1 saturated carbocycles. The van der Waals surface area contributed by atoms with Gasteiger partial charge in [-0.3, -0.25) is 4.79 Å². The van der Waals surface area contributed by atoms with Crippen LogP contribution >= 0.6 is 0 Å². The minimum absolute atomic E-state index is 0.0432. The molecule has 1 aromatic rings. The Morgan fingerprint density at radius 2 is 2.19 bits per heavy atom. The van der Waals surface area contributed by atoms with E-state index in [1.165, 1.54) is 20.3 Å². The Morgan fingerprint density at radius 3 is 2.75 bits per heavy atom. The van der Waals surface area contributed by atoms with Crippen molar-refractivity contribution < 1.29 is 18.7 Å². The number of carbonyl (C=O) groups excluding carboxylic acids is 1. The summed E-state index contributed by atoms with van der Waals surface area (Å²) in [7, 11) is 2.84. The van der Waals surface area contributed by atoms with Gasteiger partial charge in [-0.1, -0.05) is 6.07 Å². The number of methoxy groups -OCH3 is 2. The van der Waals surface area contributed by atoms with Gasteiger partial charge in [-0.2, -0.15) is 0 Å². The van der Waals surface area contributed by atoms with Gasteiger partial charge in [-0.05, 0) is 18.1 Å². The molecule has 0 aromatic heterocycles. The van der Waals surface area contributed by atoms with Crippen LogP contribution in [0.4, 0.5) is 4.39 Å². The van der Waals surface area contributed by atoms with Gasteiger partial charge in [0.1, 0.15) is 11.6 Å². The van der Waals surface area contributed by atoms with E-state index in [1.807, 2.05) is 0 Å². The maximum atomic E-state index is 13.6. The topological polar surface area (TPSA) is 35.5 Å². The first-order chi connectivity index (χ1) is 7.67. The minimum Gasteiger partial charge on any atom is -0.497 e. The zero-order valence-electron chi connectivity index (χ0n) is 9.20. The molecule has 86 valence electrons. The Labute approximate surface area is 93.2 Å². The van der Waals surface area contributed by atoms with Gasteiger partial charge in [0.15, 0.2) is 0 Å². The molecule has 0 bridgehead atoms. The van der Waals surface area contributed by atoms with Gasteiger partial charge >= 0.3 is 5.97 Å². The predicted octanol–water partition coefficient (Wildman–Crippen LogP) is 2.11. The number of benzene rings is 1. The maximum Gasteiger partial charge on any atom is 0.309 e.